The van der Waals surface area contributed by atoms with Crippen LogP contribution in [0.25, 0.3) is 0 Å². The molecule has 0 atom stereocenters. The average Bonchev–Trinajstić information content (AvgIpc) is 2.42. The molecule has 2 aromatic rings. The summed E-state index contributed by atoms with van der Waals surface area (Å²) in [5.41, 5.74) is 2.90. The van der Waals surface area contributed by atoms with Gasteiger partial charge >= 0.3 is 0 Å². The van der Waals surface area contributed by atoms with Crippen LogP contribution in [0.1, 0.15) is 5.56 Å². The molecule has 97 valence electrons. The maximum Gasteiger partial charge on any atom is 0.175 e. The van der Waals surface area contributed by atoms with Crippen molar-refractivity contribution in [1.82, 2.24) is 0 Å². The van der Waals surface area contributed by atoms with Crippen molar-refractivity contribution in [2.24, 2.45) is 0 Å². The van der Waals surface area contributed by atoms with E-state index in [1.165, 1.54) is 0 Å². The van der Waals surface area contributed by atoms with Crippen molar-refractivity contribution >= 4 is 28.7 Å². The van der Waals surface area contributed by atoms with E-state index in [4.69, 9.17) is 12.2 Å². The lowest BCUT2D eigenvalue weighted by Gasteiger charge is -2.10. The van der Waals surface area contributed by atoms with Gasteiger partial charge in [-0.1, -0.05) is 30.3 Å². The summed E-state index contributed by atoms with van der Waals surface area (Å²) in [6.07, 6.45) is 0.562. The maximum atomic E-state index is 10.5. The first-order chi connectivity index (χ1) is 9.28. The van der Waals surface area contributed by atoms with E-state index in [0.29, 0.717) is 11.5 Å². The number of nitrogens with one attached hydrogen (secondary N) is 2. The number of hydrogen-bond donors (Lipinski definition) is 2. The molecular formula is C15H15N2OS. The van der Waals surface area contributed by atoms with E-state index in [2.05, 4.69) is 10.6 Å². The fraction of sp³-hybridized carbons (Fsp3) is 0.133. The highest BCUT2D eigenvalue weighted by Crippen LogP contribution is 2.11. The number of rotatable bonds is 4. The zero-order chi connectivity index (χ0) is 13.5. The highest BCUT2D eigenvalue weighted by Gasteiger charge is 1.99. The molecule has 0 heterocycles. The highest BCUT2D eigenvalue weighted by atomic mass is 32.1. The number of thiocarbonyl (C=S) groups is 1. The van der Waals surface area contributed by atoms with Crippen molar-refractivity contribution in [3.05, 3.63) is 60.2 Å². The Balaban J connectivity index is 1.91. The van der Waals surface area contributed by atoms with E-state index in [-0.39, 0.29) is 6.61 Å². The largest absolute Gasteiger partial charge is 0.332 e. The van der Waals surface area contributed by atoms with E-state index < -0.39 is 0 Å². The van der Waals surface area contributed by atoms with Gasteiger partial charge in [-0.25, -0.2) is 5.11 Å². The van der Waals surface area contributed by atoms with E-state index in [9.17, 15) is 5.11 Å². The molecule has 0 aromatic heterocycles. The van der Waals surface area contributed by atoms with Gasteiger partial charge in [0.1, 0.15) is 0 Å². The molecule has 0 aliphatic heterocycles. The zero-order valence-corrected chi connectivity index (χ0v) is 11.2. The quantitative estimate of drug-likeness (QED) is 0.837. The Labute approximate surface area is 118 Å². The second kappa shape index (κ2) is 6.87. The van der Waals surface area contributed by atoms with Crippen molar-refractivity contribution in [2.75, 3.05) is 17.2 Å². The molecule has 0 spiro atoms. The first-order valence-corrected chi connectivity index (χ1v) is 6.49. The Bertz CT molecular complexity index is 526. The Morgan fingerprint density at radius 2 is 1.47 bits per heavy atom. The lowest BCUT2D eigenvalue weighted by Crippen LogP contribution is -2.18. The molecule has 4 heteroatoms. The van der Waals surface area contributed by atoms with Crippen LogP contribution in [-0.2, 0) is 11.5 Å². The average molecular weight is 271 g/mol. The summed E-state index contributed by atoms with van der Waals surface area (Å²) in [6, 6.07) is 17.5. The van der Waals surface area contributed by atoms with Crippen LogP contribution < -0.4 is 10.6 Å². The minimum Gasteiger partial charge on any atom is -0.332 e. The molecule has 0 saturated carbocycles. The number of para-hydroxylation sites is 1. The molecule has 19 heavy (non-hydrogen) atoms. The highest BCUT2D eigenvalue weighted by molar-refractivity contribution is 7.80. The van der Waals surface area contributed by atoms with Crippen LogP contribution in [0.5, 0.6) is 0 Å². The topological polar surface area (TPSA) is 44.0 Å². The van der Waals surface area contributed by atoms with Crippen LogP contribution in [0, 0.1) is 0 Å². The van der Waals surface area contributed by atoms with Gasteiger partial charge in [-0.15, -0.1) is 0 Å². The zero-order valence-electron chi connectivity index (χ0n) is 10.4. The molecular weight excluding hydrogens is 256 g/mol. The van der Waals surface area contributed by atoms with E-state index in [0.717, 1.165) is 16.9 Å². The van der Waals surface area contributed by atoms with Crippen molar-refractivity contribution in [1.29, 1.82) is 0 Å². The number of hydrogen-bond acceptors (Lipinski definition) is 1. The molecule has 2 aromatic carbocycles. The van der Waals surface area contributed by atoms with Crippen molar-refractivity contribution in [3.8, 4) is 0 Å². The molecule has 0 saturated heterocycles. The third-order valence-corrected chi connectivity index (χ3v) is 2.84. The van der Waals surface area contributed by atoms with Gasteiger partial charge < -0.3 is 10.6 Å². The SMILES string of the molecule is [O]CCc1ccc(NC(=S)Nc2ccccc2)cc1. The number of benzene rings is 2. The molecule has 1 radical (unpaired) electrons. The van der Waals surface area contributed by atoms with Gasteiger partial charge in [0, 0.05) is 11.4 Å². The molecule has 2 rings (SSSR count). The predicted octanol–water partition coefficient (Wildman–Crippen LogP) is 3.47. The summed E-state index contributed by atoms with van der Waals surface area (Å²) in [5.74, 6) is 0. The Morgan fingerprint density at radius 3 is 2.05 bits per heavy atom. The molecule has 0 aliphatic rings. The first kappa shape index (κ1) is 13.5. The van der Waals surface area contributed by atoms with Crippen molar-refractivity contribution in [3.63, 3.8) is 0 Å². The molecule has 0 amide bonds. The lowest BCUT2D eigenvalue weighted by atomic mass is 10.1. The molecule has 0 aliphatic carbocycles. The summed E-state index contributed by atoms with van der Waals surface area (Å²) in [4.78, 5) is 0. The Morgan fingerprint density at radius 1 is 0.895 bits per heavy atom. The van der Waals surface area contributed by atoms with Crippen LogP contribution in [0.3, 0.4) is 0 Å². The Kier molecular flexibility index (Phi) is 4.89. The standard InChI is InChI=1S/C15H15N2OS/c18-11-10-12-6-8-14(9-7-12)17-15(19)16-13-4-2-1-3-5-13/h1-9H,10-11H2,(H2,16,17,19). The molecule has 2 N–H and O–H groups in total. The van der Waals surface area contributed by atoms with Crippen LogP contribution >= 0.6 is 12.2 Å². The summed E-state index contributed by atoms with van der Waals surface area (Å²) in [5, 5.41) is 17.3. The van der Waals surface area contributed by atoms with E-state index in [1.54, 1.807) is 0 Å². The lowest BCUT2D eigenvalue weighted by molar-refractivity contribution is 0.197. The van der Waals surface area contributed by atoms with Gasteiger partial charge in [0.05, 0.1) is 6.61 Å². The molecule has 0 fully saturated rings. The second-order valence-corrected chi connectivity index (χ2v) is 4.50. The van der Waals surface area contributed by atoms with Crippen LogP contribution in [-0.4, -0.2) is 11.7 Å². The fourth-order valence-electron chi connectivity index (χ4n) is 1.69. The van der Waals surface area contributed by atoms with Crippen molar-refractivity contribution in [2.45, 2.75) is 6.42 Å². The summed E-state index contributed by atoms with van der Waals surface area (Å²) in [6.45, 7) is -0.0826. The fourth-order valence-corrected chi connectivity index (χ4v) is 1.92. The van der Waals surface area contributed by atoms with Gasteiger partial charge in [-0.05, 0) is 48.5 Å². The molecule has 3 nitrogen and oxygen atoms in total. The molecule has 0 bridgehead atoms. The van der Waals surface area contributed by atoms with Crippen LogP contribution in [0.2, 0.25) is 0 Å². The number of anilines is 2. The van der Waals surface area contributed by atoms with Gasteiger partial charge in [0.2, 0.25) is 0 Å². The van der Waals surface area contributed by atoms with Crippen LogP contribution in [0.15, 0.2) is 54.6 Å². The van der Waals surface area contributed by atoms with E-state index in [1.807, 2.05) is 54.6 Å². The molecule has 0 unspecified atom stereocenters. The smallest absolute Gasteiger partial charge is 0.175 e. The Hall–Kier alpha value is -1.91. The van der Waals surface area contributed by atoms with Gasteiger partial charge in [0.25, 0.3) is 0 Å². The second-order valence-electron chi connectivity index (χ2n) is 4.10. The van der Waals surface area contributed by atoms with Crippen LogP contribution in [0.4, 0.5) is 11.4 Å². The van der Waals surface area contributed by atoms with Gasteiger partial charge in [-0.3, -0.25) is 0 Å². The van der Waals surface area contributed by atoms with Gasteiger partial charge in [-0.2, -0.15) is 0 Å². The summed E-state index contributed by atoms with van der Waals surface area (Å²) in [7, 11) is 0. The van der Waals surface area contributed by atoms with Crippen molar-refractivity contribution < 1.29 is 5.11 Å². The third kappa shape index (κ3) is 4.35. The van der Waals surface area contributed by atoms with E-state index >= 15 is 0 Å². The minimum absolute atomic E-state index is 0.0826. The maximum absolute atomic E-state index is 10.5. The third-order valence-electron chi connectivity index (χ3n) is 2.63. The minimum atomic E-state index is -0.0826. The summed E-state index contributed by atoms with van der Waals surface area (Å²) >= 11 is 5.23. The van der Waals surface area contributed by atoms with Gasteiger partial charge in [0.15, 0.2) is 5.11 Å². The first-order valence-electron chi connectivity index (χ1n) is 6.08. The normalized spacial score (nSPS) is 9.95. The monoisotopic (exact) mass is 271 g/mol. The summed E-state index contributed by atoms with van der Waals surface area (Å²) < 4.78 is 0. The predicted molar refractivity (Wildman–Crippen MR) is 82.0 cm³/mol.